The molecule has 0 amide bonds. The molecule has 0 atom stereocenters. The number of halogens is 2. The van der Waals surface area contributed by atoms with Gasteiger partial charge in [-0.2, -0.15) is 8.78 Å². The fourth-order valence-electron chi connectivity index (χ4n) is 5.12. The van der Waals surface area contributed by atoms with E-state index in [-0.39, 0.29) is 18.3 Å². The number of para-hydroxylation sites is 1. The quantitative estimate of drug-likeness (QED) is 0.298. The SMILES string of the molecule is O=C(c1cccc2ccccc12)n1c2c(c3cc(OCc4ccccc4OC(F)F)ccc31)CCNC2. The topological polar surface area (TPSA) is 52.5 Å². The van der Waals surface area contributed by atoms with Crippen LogP contribution in [0.25, 0.3) is 21.7 Å². The minimum Gasteiger partial charge on any atom is -0.489 e. The van der Waals surface area contributed by atoms with Gasteiger partial charge in [0.1, 0.15) is 18.1 Å². The molecule has 186 valence electrons. The Bertz CT molecular complexity index is 1620. The van der Waals surface area contributed by atoms with Gasteiger partial charge in [0.15, 0.2) is 0 Å². The molecule has 5 nitrogen and oxygen atoms in total. The van der Waals surface area contributed by atoms with Crippen molar-refractivity contribution in [3.05, 3.63) is 107 Å². The van der Waals surface area contributed by atoms with Gasteiger partial charge in [0.05, 0.1) is 5.52 Å². The van der Waals surface area contributed by atoms with E-state index in [0.29, 0.717) is 23.4 Å². The van der Waals surface area contributed by atoms with E-state index >= 15 is 0 Å². The third-order valence-corrected chi connectivity index (χ3v) is 6.80. The van der Waals surface area contributed by atoms with Crippen LogP contribution in [0.15, 0.2) is 84.9 Å². The molecule has 0 saturated carbocycles. The second kappa shape index (κ2) is 9.67. The van der Waals surface area contributed by atoms with Crippen molar-refractivity contribution in [2.75, 3.05) is 6.54 Å². The first-order valence-electron chi connectivity index (χ1n) is 12.1. The summed E-state index contributed by atoms with van der Waals surface area (Å²) in [6.45, 7) is -1.42. The van der Waals surface area contributed by atoms with E-state index < -0.39 is 6.61 Å². The molecule has 0 unspecified atom stereocenters. The monoisotopic (exact) mass is 498 g/mol. The normalized spacial score (nSPS) is 13.2. The molecular formula is C30H24F2N2O3. The van der Waals surface area contributed by atoms with E-state index in [1.54, 1.807) is 18.2 Å². The number of benzene rings is 4. The van der Waals surface area contributed by atoms with Crippen LogP contribution in [0.2, 0.25) is 0 Å². The van der Waals surface area contributed by atoms with Gasteiger partial charge in [-0.25, -0.2) is 0 Å². The maximum absolute atomic E-state index is 14.0. The van der Waals surface area contributed by atoms with E-state index in [4.69, 9.17) is 4.74 Å². The molecular weight excluding hydrogens is 474 g/mol. The van der Waals surface area contributed by atoms with Crippen LogP contribution in [0.3, 0.4) is 0 Å². The maximum atomic E-state index is 14.0. The molecule has 1 aromatic heterocycles. The molecule has 0 saturated heterocycles. The van der Waals surface area contributed by atoms with Crippen molar-refractivity contribution < 1.29 is 23.0 Å². The van der Waals surface area contributed by atoms with Gasteiger partial charge in [0.25, 0.3) is 5.91 Å². The lowest BCUT2D eigenvalue weighted by atomic mass is 10.0. The summed E-state index contributed by atoms with van der Waals surface area (Å²) in [6.07, 6.45) is 0.788. The van der Waals surface area contributed by atoms with Crippen molar-refractivity contribution >= 4 is 27.6 Å². The Labute approximate surface area is 212 Å². The molecule has 4 aromatic carbocycles. The number of nitrogens with one attached hydrogen (secondary N) is 1. The Hall–Kier alpha value is -4.23. The molecule has 1 aliphatic heterocycles. The van der Waals surface area contributed by atoms with Crippen LogP contribution in [0, 0.1) is 0 Å². The number of hydrogen-bond acceptors (Lipinski definition) is 4. The summed E-state index contributed by atoms with van der Waals surface area (Å²) in [5.74, 6) is 0.614. The van der Waals surface area contributed by atoms with Gasteiger partial charge in [-0.15, -0.1) is 0 Å². The molecule has 0 fully saturated rings. The fourth-order valence-corrected chi connectivity index (χ4v) is 5.12. The average Bonchev–Trinajstić information content (AvgIpc) is 3.25. The van der Waals surface area contributed by atoms with Gasteiger partial charge in [0, 0.05) is 28.8 Å². The number of ether oxygens (including phenoxy) is 2. The lowest BCUT2D eigenvalue weighted by molar-refractivity contribution is -0.0508. The van der Waals surface area contributed by atoms with Crippen LogP contribution < -0.4 is 14.8 Å². The zero-order valence-corrected chi connectivity index (χ0v) is 19.9. The standard InChI is InChI=1S/C30H24F2N2O3/c31-30(32)37-28-11-4-2-7-20(28)18-36-21-12-13-26-25(16-21)23-14-15-33-17-27(23)34(26)29(35)24-10-5-8-19-6-1-3-9-22(19)24/h1-13,16,30,33H,14-15,17-18H2. The van der Waals surface area contributed by atoms with Crippen molar-refractivity contribution in [3.63, 3.8) is 0 Å². The minimum atomic E-state index is -2.91. The Balaban J connectivity index is 1.38. The highest BCUT2D eigenvalue weighted by atomic mass is 19.3. The van der Waals surface area contributed by atoms with E-state index in [1.807, 2.05) is 65.2 Å². The molecule has 2 heterocycles. The molecule has 0 radical (unpaired) electrons. The number of rotatable bonds is 6. The van der Waals surface area contributed by atoms with Gasteiger partial charge in [-0.3, -0.25) is 9.36 Å². The highest BCUT2D eigenvalue weighted by Crippen LogP contribution is 2.34. The van der Waals surface area contributed by atoms with Crippen molar-refractivity contribution in [1.29, 1.82) is 0 Å². The summed E-state index contributed by atoms with van der Waals surface area (Å²) in [5.41, 5.74) is 4.07. The molecule has 1 aliphatic rings. The number of nitrogens with zero attached hydrogens (tertiary/aromatic N) is 1. The number of carbonyl (C=O) groups excluding carboxylic acids is 1. The fraction of sp³-hybridized carbons (Fsp3) is 0.167. The Kier molecular flexibility index (Phi) is 6.06. The van der Waals surface area contributed by atoms with Crippen LogP contribution in [0.1, 0.15) is 27.2 Å². The summed E-state index contributed by atoms with van der Waals surface area (Å²) in [4.78, 5) is 14.0. The molecule has 0 bridgehead atoms. The molecule has 6 rings (SSSR count). The number of fused-ring (bicyclic) bond motifs is 4. The van der Waals surface area contributed by atoms with Gasteiger partial charge in [-0.1, -0.05) is 54.6 Å². The van der Waals surface area contributed by atoms with Crippen LogP contribution >= 0.6 is 0 Å². The number of alkyl halides is 2. The molecule has 37 heavy (non-hydrogen) atoms. The first-order valence-corrected chi connectivity index (χ1v) is 12.1. The summed E-state index contributed by atoms with van der Waals surface area (Å²) in [5, 5.41) is 6.28. The van der Waals surface area contributed by atoms with Crippen LogP contribution in [0.4, 0.5) is 8.78 Å². The zero-order chi connectivity index (χ0) is 25.4. The predicted octanol–water partition coefficient (Wildman–Crippen LogP) is 6.31. The van der Waals surface area contributed by atoms with E-state index in [0.717, 1.165) is 45.9 Å². The Morgan fingerprint density at radius 3 is 2.65 bits per heavy atom. The number of carbonyl (C=O) groups is 1. The second-order valence-corrected chi connectivity index (χ2v) is 8.97. The second-order valence-electron chi connectivity index (χ2n) is 8.97. The van der Waals surface area contributed by atoms with Crippen LogP contribution in [-0.2, 0) is 19.6 Å². The van der Waals surface area contributed by atoms with Crippen LogP contribution in [0.5, 0.6) is 11.5 Å². The molecule has 0 spiro atoms. The van der Waals surface area contributed by atoms with Crippen molar-refractivity contribution in [2.45, 2.75) is 26.2 Å². The number of aromatic nitrogens is 1. The molecule has 5 aromatic rings. The highest BCUT2D eigenvalue weighted by molar-refractivity contribution is 6.11. The lowest BCUT2D eigenvalue weighted by Gasteiger charge is -2.17. The van der Waals surface area contributed by atoms with Crippen LogP contribution in [-0.4, -0.2) is 23.6 Å². The van der Waals surface area contributed by atoms with Gasteiger partial charge in [-0.05, 0) is 59.6 Å². The van der Waals surface area contributed by atoms with Gasteiger partial charge < -0.3 is 14.8 Å². The van der Waals surface area contributed by atoms with E-state index in [9.17, 15) is 13.6 Å². The highest BCUT2D eigenvalue weighted by Gasteiger charge is 2.25. The summed E-state index contributed by atoms with van der Waals surface area (Å²) in [7, 11) is 0. The van der Waals surface area contributed by atoms with Gasteiger partial charge >= 0.3 is 6.61 Å². The predicted molar refractivity (Wildman–Crippen MR) is 138 cm³/mol. The summed E-state index contributed by atoms with van der Waals surface area (Å²) in [6, 6.07) is 25.9. The van der Waals surface area contributed by atoms with E-state index in [2.05, 4.69) is 10.1 Å². The smallest absolute Gasteiger partial charge is 0.387 e. The maximum Gasteiger partial charge on any atom is 0.387 e. The Morgan fingerprint density at radius 1 is 0.946 bits per heavy atom. The largest absolute Gasteiger partial charge is 0.489 e. The first kappa shape index (κ1) is 23.2. The third kappa shape index (κ3) is 4.32. The van der Waals surface area contributed by atoms with E-state index in [1.165, 1.54) is 6.07 Å². The van der Waals surface area contributed by atoms with Gasteiger partial charge in [0.2, 0.25) is 0 Å². The zero-order valence-electron chi connectivity index (χ0n) is 19.9. The molecule has 1 N–H and O–H groups in total. The first-order chi connectivity index (χ1) is 18.1. The summed E-state index contributed by atoms with van der Waals surface area (Å²) >= 11 is 0. The minimum absolute atomic E-state index is 0.0708. The molecule has 7 heteroatoms. The van der Waals surface area contributed by atoms with Crippen molar-refractivity contribution in [3.8, 4) is 11.5 Å². The molecule has 0 aliphatic carbocycles. The number of hydrogen-bond donors (Lipinski definition) is 1. The Morgan fingerprint density at radius 2 is 1.76 bits per heavy atom. The average molecular weight is 499 g/mol. The third-order valence-electron chi connectivity index (χ3n) is 6.80. The van der Waals surface area contributed by atoms with Crippen molar-refractivity contribution in [1.82, 2.24) is 9.88 Å². The van der Waals surface area contributed by atoms with Crippen molar-refractivity contribution in [2.24, 2.45) is 0 Å². The lowest BCUT2D eigenvalue weighted by Crippen LogP contribution is -2.27. The summed E-state index contributed by atoms with van der Waals surface area (Å²) < 4.78 is 38.0.